The Morgan fingerprint density at radius 1 is 1.30 bits per heavy atom. The number of nitro benzene ring substituents is 1. The Balaban J connectivity index is 1.85. The van der Waals surface area contributed by atoms with Gasteiger partial charge in [-0.1, -0.05) is 18.5 Å². The first kappa shape index (κ1) is 20.6. The molecule has 0 aliphatic carbocycles. The number of anilines is 1. The van der Waals surface area contributed by atoms with Crippen LogP contribution >= 0.6 is 22.9 Å². The molecule has 2 aromatic carbocycles. The lowest BCUT2D eigenvalue weighted by atomic mass is 9.80. The molecule has 0 saturated carbocycles. The van der Waals surface area contributed by atoms with Crippen molar-refractivity contribution in [3.63, 3.8) is 0 Å². The maximum atomic E-state index is 13.7. The zero-order valence-corrected chi connectivity index (χ0v) is 18.6. The summed E-state index contributed by atoms with van der Waals surface area (Å²) >= 11 is 7.76. The van der Waals surface area contributed by atoms with E-state index in [1.54, 1.807) is 18.1 Å². The average Bonchev–Trinajstić information content (AvgIpc) is 3.03. The van der Waals surface area contributed by atoms with Crippen LogP contribution in [0.5, 0.6) is 5.75 Å². The zero-order valence-electron chi connectivity index (χ0n) is 17.1. The molecule has 156 valence electrons. The molecule has 1 aliphatic rings. The van der Waals surface area contributed by atoms with Crippen LogP contribution in [0.3, 0.4) is 0 Å². The number of non-ortho nitro benzene ring substituents is 1. The molecule has 1 atom stereocenters. The lowest BCUT2D eigenvalue weighted by molar-refractivity contribution is -0.384. The predicted molar refractivity (Wildman–Crippen MR) is 120 cm³/mol. The minimum atomic E-state index is -0.451. The van der Waals surface area contributed by atoms with E-state index in [1.165, 1.54) is 23.5 Å². The summed E-state index contributed by atoms with van der Waals surface area (Å²) < 4.78 is 5.99. The van der Waals surface area contributed by atoms with Gasteiger partial charge in [0.2, 0.25) is 0 Å². The van der Waals surface area contributed by atoms with Crippen LogP contribution < -0.4 is 9.64 Å². The molecule has 3 aromatic rings. The average molecular weight is 445 g/mol. The number of thiophene rings is 1. The summed E-state index contributed by atoms with van der Waals surface area (Å²) in [6, 6.07) is 10.2. The Kier molecular flexibility index (Phi) is 4.98. The minimum absolute atomic E-state index is 0.0241. The van der Waals surface area contributed by atoms with Crippen molar-refractivity contribution in [2.45, 2.75) is 38.6 Å². The molecule has 0 radical (unpaired) electrons. The van der Waals surface area contributed by atoms with E-state index in [4.69, 9.17) is 16.3 Å². The molecule has 0 N–H and O–H groups in total. The number of methoxy groups -OCH3 is 1. The van der Waals surface area contributed by atoms with Crippen LogP contribution in [0.2, 0.25) is 5.02 Å². The summed E-state index contributed by atoms with van der Waals surface area (Å²) in [7, 11) is 1.62. The van der Waals surface area contributed by atoms with E-state index in [0.717, 1.165) is 23.4 Å². The number of benzene rings is 2. The summed E-state index contributed by atoms with van der Waals surface area (Å²) in [6.45, 7) is 6.23. The highest BCUT2D eigenvalue weighted by molar-refractivity contribution is 7.21. The van der Waals surface area contributed by atoms with Gasteiger partial charge in [-0.2, -0.15) is 0 Å². The standard InChI is InChI=1S/C22H21ClN2O4S/c1-12-11-22(2,3)24(17-8-6-14(29-4)10-16(12)17)21(26)20-19(23)15-7-5-13(25(27)28)9-18(15)30-20/h5-10,12H,11H2,1-4H3. The number of fused-ring (bicyclic) bond motifs is 2. The van der Waals surface area contributed by atoms with Gasteiger partial charge in [-0.25, -0.2) is 0 Å². The maximum absolute atomic E-state index is 13.7. The first-order valence-corrected chi connectivity index (χ1v) is 10.7. The van der Waals surface area contributed by atoms with Crippen LogP contribution in [0, 0.1) is 10.1 Å². The summed E-state index contributed by atoms with van der Waals surface area (Å²) in [5.41, 5.74) is 1.44. The number of halogens is 1. The normalized spacial score (nSPS) is 17.6. The molecular formula is C22H21ClN2O4S. The SMILES string of the molecule is COc1ccc2c(c1)C(C)CC(C)(C)N2C(=O)c1sc2cc([N+](=O)[O-])ccc2c1Cl. The largest absolute Gasteiger partial charge is 0.497 e. The van der Waals surface area contributed by atoms with Gasteiger partial charge in [-0.15, -0.1) is 11.3 Å². The number of nitro groups is 1. The van der Waals surface area contributed by atoms with Crippen molar-refractivity contribution in [2.24, 2.45) is 0 Å². The Bertz CT molecular complexity index is 1190. The van der Waals surface area contributed by atoms with Crippen molar-refractivity contribution < 1.29 is 14.5 Å². The number of hydrogen-bond donors (Lipinski definition) is 0. The predicted octanol–water partition coefficient (Wildman–Crippen LogP) is 6.40. The van der Waals surface area contributed by atoms with E-state index in [-0.39, 0.29) is 17.5 Å². The molecule has 6 nitrogen and oxygen atoms in total. The van der Waals surface area contributed by atoms with E-state index >= 15 is 0 Å². The second-order valence-corrected chi connectivity index (χ2v) is 9.60. The Labute approximate surface area is 183 Å². The molecule has 0 fully saturated rings. The Morgan fingerprint density at radius 2 is 2.03 bits per heavy atom. The van der Waals surface area contributed by atoms with Crippen molar-refractivity contribution in [3.05, 3.63) is 62.0 Å². The van der Waals surface area contributed by atoms with Gasteiger partial charge in [-0.05, 0) is 56.0 Å². The highest BCUT2D eigenvalue weighted by Gasteiger charge is 2.41. The summed E-state index contributed by atoms with van der Waals surface area (Å²) in [5, 5.41) is 12.1. The number of hydrogen-bond acceptors (Lipinski definition) is 5. The first-order valence-electron chi connectivity index (χ1n) is 9.53. The monoisotopic (exact) mass is 444 g/mol. The summed E-state index contributed by atoms with van der Waals surface area (Å²) in [6.07, 6.45) is 0.785. The number of nitrogens with zero attached hydrogens (tertiary/aromatic N) is 2. The number of carbonyl (C=O) groups excluding carboxylic acids is 1. The molecule has 4 rings (SSSR count). The van der Waals surface area contributed by atoms with Gasteiger partial charge < -0.3 is 9.64 Å². The molecule has 30 heavy (non-hydrogen) atoms. The van der Waals surface area contributed by atoms with Crippen LogP contribution in [0.25, 0.3) is 10.1 Å². The third-order valence-electron chi connectivity index (χ3n) is 5.64. The third-order valence-corrected chi connectivity index (χ3v) is 7.28. The van der Waals surface area contributed by atoms with Gasteiger partial charge in [0.15, 0.2) is 0 Å². The molecule has 0 bridgehead atoms. The minimum Gasteiger partial charge on any atom is -0.497 e. The zero-order chi connectivity index (χ0) is 21.8. The highest BCUT2D eigenvalue weighted by atomic mass is 35.5. The Morgan fingerprint density at radius 3 is 2.70 bits per heavy atom. The van der Waals surface area contributed by atoms with E-state index < -0.39 is 10.5 Å². The van der Waals surface area contributed by atoms with Gasteiger partial charge in [-0.3, -0.25) is 14.9 Å². The molecule has 0 saturated heterocycles. The first-order chi connectivity index (χ1) is 14.1. The molecular weight excluding hydrogens is 424 g/mol. The maximum Gasteiger partial charge on any atom is 0.270 e. The van der Waals surface area contributed by atoms with E-state index in [0.29, 0.717) is 20.0 Å². The van der Waals surface area contributed by atoms with Gasteiger partial charge in [0.25, 0.3) is 11.6 Å². The fraction of sp³-hybridized carbons (Fsp3) is 0.318. The van der Waals surface area contributed by atoms with Gasteiger partial charge >= 0.3 is 0 Å². The van der Waals surface area contributed by atoms with Crippen LogP contribution in [0.1, 0.15) is 48.3 Å². The lowest BCUT2D eigenvalue weighted by Gasteiger charge is -2.46. The topological polar surface area (TPSA) is 72.7 Å². The number of amides is 1. The fourth-order valence-corrected chi connectivity index (χ4v) is 5.80. The van der Waals surface area contributed by atoms with Crippen LogP contribution in [0.4, 0.5) is 11.4 Å². The van der Waals surface area contributed by atoms with Crippen LogP contribution in [-0.2, 0) is 0 Å². The lowest BCUT2D eigenvalue weighted by Crippen LogP contribution is -2.51. The fourth-order valence-electron chi connectivity index (χ4n) is 4.33. The molecule has 0 spiro atoms. The van der Waals surface area contributed by atoms with Gasteiger partial charge in [0.05, 0.1) is 17.1 Å². The Hall–Kier alpha value is -2.64. The molecule has 1 aliphatic heterocycles. The number of ether oxygens (including phenoxy) is 1. The van der Waals surface area contributed by atoms with Crippen molar-refractivity contribution >= 4 is 50.3 Å². The third kappa shape index (κ3) is 3.22. The van der Waals surface area contributed by atoms with Crippen molar-refractivity contribution in [1.82, 2.24) is 0 Å². The second-order valence-electron chi connectivity index (χ2n) is 8.17. The molecule has 1 unspecified atom stereocenters. The van der Waals surface area contributed by atoms with Gasteiger partial charge in [0.1, 0.15) is 10.6 Å². The quantitative estimate of drug-likeness (QED) is 0.346. The smallest absolute Gasteiger partial charge is 0.270 e. The molecule has 2 heterocycles. The van der Waals surface area contributed by atoms with E-state index in [2.05, 4.69) is 6.92 Å². The van der Waals surface area contributed by atoms with Crippen molar-refractivity contribution in [2.75, 3.05) is 12.0 Å². The van der Waals surface area contributed by atoms with Crippen LogP contribution in [0.15, 0.2) is 36.4 Å². The van der Waals surface area contributed by atoms with E-state index in [9.17, 15) is 14.9 Å². The van der Waals surface area contributed by atoms with E-state index in [1.807, 2.05) is 32.0 Å². The summed E-state index contributed by atoms with van der Waals surface area (Å²) in [5.74, 6) is 0.807. The highest BCUT2D eigenvalue weighted by Crippen LogP contribution is 2.47. The molecule has 1 amide bonds. The number of rotatable bonds is 3. The number of carbonyl (C=O) groups is 1. The molecule has 8 heteroatoms. The second kappa shape index (κ2) is 7.25. The van der Waals surface area contributed by atoms with Crippen LogP contribution in [-0.4, -0.2) is 23.5 Å². The van der Waals surface area contributed by atoms with Crippen molar-refractivity contribution in [1.29, 1.82) is 0 Å². The van der Waals surface area contributed by atoms with Gasteiger partial charge in [0, 0.05) is 33.4 Å². The van der Waals surface area contributed by atoms with Crippen molar-refractivity contribution in [3.8, 4) is 5.75 Å². The summed E-state index contributed by atoms with van der Waals surface area (Å²) in [4.78, 5) is 26.6. The molecule has 1 aromatic heterocycles.